The zero-order valence-electron chi connectivity index (χ0n) is 13.9. The van der Waals surface area contributed by atoms with Crippen molar-refractivity contribution in [2.24, 2.45) is 0 Å². The van der Waals surface area contributed by atoms with Gasteiger partial charge < -0.3 is 25.4 Å². The fourth-order valence-corrected chi connectivity index (χ4v) is 3.26. The summed E-state index contributed by atoms with van der Waals surface area (Å²) < 4.78 is 7.25. The third-order valence-corrected chi connectivity index (χ3v) is 4.71. The van der Waals surface area contributed by atoms with E-state index < -0.39 is 37.1 Å². The number of hydrogen-bond donors (Lipinski definition) is 4. The highest BCUT2D eigenvalue weighted by Crippen LogP contribution is 2.33. The number of aliphatic hydroxyl groups is 3. The Bertz CT molecular complexity index is 828. The van der Waals surface area contributed by atoms with Crippen molar-refractivity contribution in [1.82, 2.24) is 19.5 Å². The molecular weight excluding hydrogens is 362 g/mol. The molecule has 11 heteroatoms. The van der Waals surface area contributed by atoms with Gasteiger partial charge in [0.05, 0.1) is 19.0 Å². The maximum absolute atomic E-state index is 11.9. The number of imidazole rings is 1. The summed E-state index contributed by atoms with van der Waals surface area (Å²) in [5, 5.41) is 32.0. The van der Waals surface area contributed by atoms with E-state index in [-0.39, 0.29) is 16.9 Å². The standard InChI is InChI=1S/C15H19N5O5S/c1-7(3-21)14(24)19-12-9-13(17-5-16-12)20(6-18-9)15-11(23)10(22)8(25-15)4-26-2/h5-6,8,10-11,15,21-23H,1,3-4H2,2H3,(H,16,17,19,24)/t8-,10-,11-,15-/m1/s1. The van der Waals surface area contributed by atoms with Crippen molar-refractivity contribution in [3.8, 4) is 0 Å². The molecule has 3 heterocycles. The predicted molar refractivity (Wildman–Crippen MR) is 94.5 cm³/mol. The highest BCUT2D eigenvalue weighted by molar-refractivity contribution is 7.98. The number of aliphatic hydroxyl groups excluding tert-OH is 3. The molecule has 1 amide bonds. The Hall–Kier alpha value is -2.05. The van der Waals surface area contributed by atoms with Gasteiger partial charge in [0.2, 0.25) is 0 Å². The molecule has 0 aliphatic carbocycles. The highest BCUT2D eigenvalue weighted by Gasteiger charge is 2.44. The van der Waals surface area contributed by atoms with E-state index in [0.29, 0.717) is 11.4 Å². The molecule has 0 radical (unpaired) electrons. The lowest BCUT2D eigenvalue weighted by Gasteiger charge is -2.16. The van der Waals surface area contributed by atoms with Gasteiger partial charge in [0.15, 0.2) is 23.2 Å². The van der Waals surface area contributed by atoms with Gasteiger partial charge in [0.25, 0.3) is 5.91 Å². The maximum Gasteiger partial charge on any atom is 0.254 e. The number of nitrogens with zero attached hydrogens (tertiary/aromatic N) is 4. The van der Waals surface area contributed by atoms with Crippen LogP contribution >= 0.6 is 11.8 Å². The predicted octanol–water partition coefficient (Wildman–Crippen LogP) is -0.705. The smallest absolute Gasteiger partial charge is 0.254 e. The van der Waals surface area contributed by atoms with Crippen molar-refractivity contribution in [1.29, 1.82) is 0 Å². The first-order chi connectivity index (χ1) is 12.5. The average molecular weight is 381 g/mol. The number of anilines is 1. The van der Waals surface area contributed by atoms with Crippen LogP contribution in [0, 0.1) is 0 Å². The molecule has 1 aliphatic rings. The van der Waals surface area contributed by atoms with Crippen LogP contribution in [0.25, 0.3) is 11.2 Å². The third-order valence-electron chi connectivity index (χ3n) is 4.04. The molecule has 2 aromatic heterocycles. The molecule has 26 heavy (non-hydrogen) atoms. The third kappa shape index (κ3) is 3.31. The molecule has 3 rings (SSSR count). The van der Waals surface area contributed by atoms with E-state index in [0.717, 1.165) is 0 Å². The maximum atomic E-state index is 11.9. The average Bonchev–Trinajstić information content (AvgIpc) is 3.18. The Morgan fingerprint density at radius 1 is 1.38 bits per heavy atom. The van der Waals surface area contributed by atoms with Crippen LogP contribution < -0.4 is 5.32 Å². The number of nitrogens with one attached hydrogen (secondary N) is 1. The molecule has 0 aromatic carbocycles. The van der Waals surface area contributed by atoms with Crippen molar-refractivity contribution in [2.75, 3.05) is 23.9 Å². The van der Waals surface area contributed by atoms with Crippen LogP contribution in [0.1, 0.15) is 6.23 Å². The number of amides is 1. The molecule has 2 aromatic rings. The summed E-state index contributed by atoms with van der Waals surface area (Å²) in [7, 11) is 0. The summed E-state index contributed by atoms with van der Waals surface area (Å²) >= 11 is 1.50. The minimum atomic E-state index is -1.15. The number of rotatable bonds is 6. The lowest BCUT2D eigenvalue weighted by atomic mass is 10.1. The first-order valence-corrected chi connectivity index (χ1v) is 9.15. The zero-order valence-corrected chi connectivity index (χ0v) is 14.8. The van der Waals surface area contributed by atoms with E-state index >= 15 is 0 Å². The summed E-state index contributed by atoms with van der Waals surface area (Å²) in [5.74, 6) is 0.0812. The zero-order chi connectivity index (χ0) is 18.8. The van der Waals surface area contributed by atoms with E-state index in [1.165, 1.54) is 29.0 Å². The number of aromatic nitrogens is 4. The molecule has 140 valence electrons. The van der Waals surface area contributed by atoms with E-state index in [2.05, 4.69) is 26.8 Å². The number of fused-ring (bicyclic) bond motifs is 1. The van der Waals surface area contributed by atoms with Gasteiger partial charge in [-0.15, -0.1) is 0 Å². The van der Waals surface area contributed by atoms with E-state index in [1.54, 1.807) is 0 Å². The van der Waals surface area contributed by atoms with Gasteiger partial charge in [-0.3, -0.25) is 9.36 Å². The second-order valence-electron chi connectivity index (χ2n) is 5.76. The van der Waals surface area contributed by atoms with Crippen molar-refractivity contribution < 1.29 is 24.9 Å². The SMILES string of the molecule is C=C(CO)C(=O)Nc1ncnc2c1ncn2[C@@H]1O[C@H](CSC)[C@@H](O)[C@H]1O. The van der Waals surface area contributed by atoms with Crippen LogP contribution in [0.3, 0.4) is 0 Å². The topological polar surface area (TPSA) is 143 Å². The van der Waals surface area contributed by atoms with Crippen LogP contribution in [0.4, 0.5) is 5.82 Å². The Labute approximate surface area is 152 Å². The Balaban J connectivity index is 1.91. The molecule has 0 spiro atoms. The fraction of sp³-hybridized carbons (Fsp3) is 0.467. The lowest BCUT2D eigenvalue weighted by molar-refractivity contribution is -0.113. The number of ether oxygens (including phenoxy) is 1. The quantitative estimate of drug-likeness (QED) is 0.477. The van der Waals surface area contributed by atoms with Gasteiger partial charge in [-0.2, -0.15) is 11.8 Å². The van der Waals surface area contributed by atoms with E-state index in [1.807, 2.05) is 6.26 Å². The molecule has 4 N–H and O–H groups in total. The number of thioether (sulfide) groups is 1. The van der Waals surface area contributed by atoms with Crippen LogP contribution in [-0.2, 0) is 9.53 Å². The minimum absolute atomic E-state index is 0.0197. The van der Waals surface area contributed by atoms with E-state index in [4.69, 9.17) is 9.84 Å². The Morgan fingerprint density at radius 3 is 2.85 bits per heavy atom. The van der Waals surface area contributed by atoms with Gasteiger partial charge in [-0.25, -0.2) is 15.0 Å². The Morgan fingerprint density at radius 2 is 2.15 bits per heavy atom. The molecule has 1 aliphatic heterocycles. The Kier molecular flexibility index (Phi) is 5.53. The summed E-state index contributed by atoms with van der Waals surface area (Å²) in [4.78, 5) is 24.2. The first kappa shape index (κ1) is 18.7. The monoisotopic (exact) mass is 381 g/mol. The van der Waals surface area contributed by atoms with Gasteiger partial charge in [0, 0.05) is 11.3 Å². The van der Waals surface area contributed by atoms with Crippen LogP contribution in [0.15, 0.2) is 24.8 Å². The first-order valence-electron chi connectivity index (χ1n) is 7.76. The van der Waals surface area contributed by atoms with Crippen LogP contribution in [-0.4, -0.2) is 77.7 Å². The van der Waals surface area contributed by atoms with Crippen molar-refractivity contribution in [2.45, 2.75) is 24.5 Å². The second-order valence-corrected chi connectivity index (χ2v) is 6.67. The van der Waals surface area contributed by atoms with Gasteiger partial charge >= 0.3 is 0 Å². The second kappa shape index (κ2) is 7.68. The van der Waals surface area contributed by atoms with Crippen molar-refractivity contribution in [3.63, 3.8) is 0 Å². The molecule has 0 unspecified atom stereocenters. The summed E-state index contributed by atoms with van der Waals surface area (Å²) in [6.45, 7) is 2.97. The normalized spacial score (nSPS) is 25.5. The van der Waals surface area contributed by atoms with Crippen LogP contribution in [0.2, 0.25) is 0 Å². The summed E-state index contributed by atoms with van der Waals surface area (Å²) in [5.41, 5.74) is 0.588. The number of carbonyl (C=O) groups is 1. The van der Waals surface area contributed by atoms with Crippen LogP contribution in [0.5, 0.6) is 0 Å². The lowest BCUT2D eigenvalue weighted by Crippen LogP contribution is -2.32. The summed E-state index contributed by atoms with van der Waals surface area (Å²) in [6, 6.07) is 0. The molecule has 1 fully saturated rings. The highest BCUT2D eigenvalue weighted by atomic mass is 32.2. The van der Waals surface area contributed by atoms with Crippen molar-refractivity contribution >= 4 is 34.7 Å². The molecular formula is C15H19N5O5S. The molecule has 1 saturated heterocycles. The summed E-state index contributed by atoms with van der Waals surface area (Å²) in [6.07, 6.45) is 0.956. The molecule has 0 bridgehead atoms. The molecule has 10 nitrogen and oxygen atoms in total. The molecule has 0 saturated carbocycles. The van der Waals surface area contributed by atoms with Gasteiger partial charge in [0.1, 0.15) is 18.5 Å². The fourth-order valence-electron chi connectivity index (χ4n) is 2.66. The minimum Gasteiger partial charge on any atom is -0.391 e. The molecule has 4 atom stereocenters. The van der Waals surface area contributed by atoms with Gasteiger partial charge in [-0.05, 0) is 6.26 Å². The largest absolute Gasteiger partial charge is 0.391 e. The van der Waals surface area contributed by atoms with E-state index in [9.17, 15) is 15.0 Å². The van der Waals surface area contributed by atoms with Gasteiger partial charge in [-0.1, -0.05) is 6.58 Å². The number of carbonyl (C=O) groups excluding carboxylic acids is 1. The number of hydrogen-bond acceptors (Lipinski definition) is 9. The van der Waals surface area contributed by atoms with Crippen molar-refractivity contribution in [3.05, 3.63) is 24.8 Å².